The Hall–Kier alpha value is 1.95. The van der Waals surface area contributed by atoms with E-state index in [0.29, 0.717) is 0 Å². The molecule has 0 amide bonds. The van der Waals surface area contributed by atoms with Crippen LogP contribution >= 0.6 is 0 Å². The van der Waals surface area contributed by atoms with Crippen molar-refractivity contribution in [1.29, 1.82) is 0 Å². The Bertz CT molecular complexity index is 300. The molecular weight excluding hydrogens is 750 g/mol. The molecule has 2 radical (unpaired) electrons. The minimum atomic E-state index is 0. The number of hydrogen-bond acceptors (Lipinski definition) is 0. The summed E-state index contributed by atoms with van der Waals surface area (Å²) in [5.74, 6) is 0. The van der Waals surface area contributed by atoms with Gasteiger partial charge in [0.1, 0.15) is 0 Å². The fourth-order valence-corrected chi connectivity index (χ4v) is 4.95. The first-order valence-corrected chi connectivity index (χ1v) is 16.2. The zero-order valence-electron chi connectivity index (χ0n) is 25.7. The van der Waals surface area contributed by atoms with E-state index < -0.39 is 0 Å². The summed E-state index contributed by atoms with van der Waals surface area (Å²) in [5.41, 5.74) is 0. The molecule has 0 atom stereocenters. The molecule has 0 aliphatic heterocycles. The minimum absolute atomic E-state index is 0. The Morgan fingerprint density at radius 2 is 0.512 bits per heavy atom. The van der Waals surface area contributed by atoms with Gasteiger partial charge in [0, 0.05) is 17.1 Å². The molecule has 0 nitrogen and oxygen atoms in total. The second kappa shape index (κ2) is 48.8. The summed E-state index contributed by atoms with van der Waals surface area (Å²) >= 11 is 0. The van der Waals surface area contributed by atoms with E-state index in [1.165, 1.54) is 161 Å². The molecule has 0 heterocycles. The summed E-state index contributed by atoms with van der Waals surface area (Å²) in [6.07, 6.45) is 59.0. The van der Waals surface area contributed by atoms with Crippen LogP contribution in [0.5, 0.6) is 0 Å². The summed E-state index contributed by atoms with van der Waals surface area (Å²) in [4.78, 5) is 0. The van der Waals surface area contributed by atoms with Gasteiger partial charge in [0.05, 0.1) is 0 Å². The van der Waals surface area contributed by atoms with Crippen LogP contribution in [0.2, 0.25) is 0 Å². The van der Waals surface area contributed by atoms with Crippen LogP contribution in [-0.2, 0) is 85.3 Å². The molecule has 5 heteroatoms. The van der Waals surface area contributed by atoms with Crippen molar-refractivity contribution in [2.24, 2.45) is 0 Å². The molecule has 41 heavy (non-hydrogen) atoms. The van der Waals surface area contributed by atoms with E-state index in [-0.39, 0.29) is 85.3 Å². The summed E-state index contributed by atoms with van der Waals surface area (Å²) < 4.78 is 0. The predicted octanol–water partition coefficient (Wildman–Crippen LogP) is 12.5. The molecule has 262 valence electrons. The van der Waals surface area contributed by atoms with Crippen LogP contribution in [0.3, 0.4) is 0 Å². The van der Waals surface area contributed by atoms with E-state index in [1.807, 2.05) is 6.42 Å². The Labute approximate surface area is 312 Å². The molecule has 5 fully saturated rings. The molecule has 0 unspecified atom stereocenters. The van der Waals surface area contributed by atoms with Gasteiger partial charge in [-0.1, -0.05) is 96.3 Å². The van der Waals surface area contributed by atoms with Crippen molar-refractivity contribution in [1.82, 2.24) is 0 Å². The van der Waals surface area contributed by atoms with Crippen molar-refractivity contribution in [3.8, 4) is 0 Å². The molecular formula is C36H62Cu5-. The van der Waals surface area contributed by atoms with Gasteiger partial charge in [-0.3, -0.25) is 0 Å². The van der Waals surface area contributed by atoms with Crippen molar-refractivity contribution in [2.45, 2.75) is 167 Å². The fraction of sp³-hybridized carbons (Fsp3) is 0.722. The standard InChI is InChI=1S/5C6H11.C6H7.5Cu/c6*1-2-4-6-5-3-1;;;;;/h5*1H,2-6H2;1-5H,6H2;;;;;/q6*-1;;3*+1;+2. The smallest absolute Gasteiger partial charge is 0.328 e. The summed E-state index contributed by atoms with van der Waals surface area (Å²) in [5, 5.41) is 0. The van der Waals surface area contributed by atoms with E-state index in [2.05, 4.69) is 56.4 Å². The van der Waals surface area contributed by atoms with Crippen LogP contribution in [0.25, 0.3) is 0 Å². The summed E-state index contributed by atoms with van der Waals surface area (Å²) in [6, 6.07) is 0. The van der Waals surface area contributed by atoms with Crippen LogP contribution in [0, 0.1) is 38.5 Å². The number of hydrogen-bond donors (Lipinski definition) is 0. The third-order valence-electron chi connectivity index (χ3n) is 7.35. The van der Waals surface area contributed by atoms with E-state index >= 15 is 0 Å². The molecule has 0 aromatic heterocycles. The van der Waals surface area contributed by atoms with Gasteiger partial charge in [-0.15, -0.1) is 6.42 Å². The third-order valence-corrected chi connectivity index (χ3v) is 7.35. The quantitative estimate of drug-likeness (QED) is 0.169. The average molecular weight is 813 g/mol. The van der Waals surface area contributed by atoms with Crippen LogP contribution < -0.4 is 0 Å². The normalized spacial score (nSPS) is 20.1. The molecule has 0 bridgehead atoms. The van der Waals surface area contributed by atoms with Gasteiger partial charge in [-0.2, -0.15) is 94.9 Å². The van der Waals surface area contributed by atoms with Crippen molar-refractivity contribution < 1.29 is 85.3 Å². The van der Waals surface area contributed by atoms with Crippen LogP contribution in [-0.4, -0.2) is 0 Å². The molecule has 0 saturated heterocycles. The number of rotatable bonds is 0. The van der Waals surface area contributed by atoms with Crippen LogP contribution in [0.1, 0.15) is 167 Å². The molecule has 5 saturated carbocycles. The van der Waals surface area contributed by atoms with E-state index in [9.17, 15) is 0 Å². The summed E-state index contributed by atoms with van der Waals surface area (Å²) in [6.45, 7) is 0. The molecule has 6 aliphatic carbocycles. The maximum atomic E-state index is 2.39. The predicted molar refractivity (Wildman–Crippen MR) is 164 cm³/mol. The first-order chi connectivity index (χ1) is 18.0. The fourth-order valence-electron chi connectivity index (χ4n) is 4.95. The molecule has 0 spiro atoms. The minimum Gasteiger partial charge on any atom is -0.328 e. The van der Waals surface area contributed by atoms with Gasteiger partial charge in [0.2, 0.25) is 0 Å². The van der Waals surface area contributed by atoms with Crippen molar-refractivity contribution >= 4 is 0 Å². The van der Waals surface area contributed by atoms with Gasteiger partial charge in [0.25, 0.3) is 0 Å². The van der Waals surface area contributed by atoms with Gasteiger partial charge in [-0.05, 0) is 0 Å². The molecule has 6 aliphatic rings. The monoisotopic (exact) mass is 809 g/mol. The van der Waals surface area contributed by atoms with Crippen molar-refractivity contribution in [2.75, 3.05) is 0 Å². The molecule has 0 aromatic rings. The first-order valence-electron chi connectivity index (χ1n) is 16.2. The van der Waals surface area contributed by atoms with Crippen molar-refractivity contribution in [3.05, 3.63) is 62.8 Å². The SMILES string of the molecule is C1=CCC=C[CH-]1.[CH-]1CCCCC1.[CH-]1CCCCC1.[CH-]1CCCCC1.[CH-]1CCCCC1.[CH-]1CCCCC1.[Cu+2].[Cu+].[Cu+].[Cu+].[Cu]. The van der Waals surface area contributed by atoms with E-state index in [1.54, 1.807) is 0 Å². The Balaban J connectivity index is -0.000000123. The van der Waals surface area contributed by atoms with Crippen LogP contribution in [0.4, 0.5) is 0 Å². The Kier molecular flexibility index (Phi) is 62.5. The Morgan fingerprint density at radius 1 is 0.317 bits per heavy atom. The molecule has 6 rings (SSSR count). The number of allylic oxidation sites excluding steroid dienone is 4. The topological polar surface area (TPSA) is 0 Å². The maximum absolute atomic E-state index is 2.39. The van der Waals surface area contributed by atoms with Gasteiger partial charge < -0.3 is 32.1 Å². The average Bonchev–Trinajstić information content (AvgIpc) is 3.04. The van der Waals surface area contributed by atoms with Gasteiger partial charge in [-0.25, -0.2) is 0 Å². The zero-order chi connectivity index (χ0) is 25.5. The second-order valence-electron chi connectivity index (χ2n) is 10.9. The summed E-state index contributed by atoms with van der Waals surface area (Å²) in [7, 11) is 0. The Morgan fingerprint density at radius 3 is 0.561 bits per heavy atom. The largest absolute Gasteiger partial charge is 2.00 e. The van der Waals surface area contributed by atoms with E-state index in [4.69, 9.17) is 0 Å². The second-order valence-corrected chi connectivity index (χ2v) is 10.9. The van der Waals surface area contributed by atoms with Crippen molar-refractivity contribution in [3.63, 3.8) is 0 Å². The van der Waals surface area contributed by atoms with Gasteiger partial charge >= 0.3 is 68.3 Å². The maximum Gasteiger partial charge on any atom is 2.00 e. The zero-order valence-corrected chi connectivity index (χ0v) is 30.4. The molecule has 0 N–H and O–H groups in total. The third kappa shape index (κ3) is 46.5. The van der Waals surface area contributed by atoms with Gasteiger partial charge in [0.15, 0.2) is 0 Å². The molecule has 0 aromatic carbocycles. The first kappa shape index (κ1) is 52.5. The van der Waals surface area contributed by atoms with E-state index in [0.717, 1.165) is 6.42 Å². The van der Waals surface area contributed by atoms with Crippen LogP contribution in [0.15, 0.2) is 24.3 Å².